The van der Waals surface area contributed by atoms with Gasteiger partial charge in [-0.3, -0.25) is 9.59 Å². The average molecular weight is 443 g/mol. The lowest BCUT2D eigenvalue weighted by Crippen LogP contribution is -2.22. The topological polar surface area (TPSA) is 58.2 Å². The first-order valence-corrected chi connectivity index (χ1v) is 10.5. The van der Waals surface area contributed by atoms with Gasteiger partial charge >= 0.3 is 0 Å². The maximum absolute atomic E-state index is 13.0. The first-order valence-electron chi connectivity index (χ1n) is 9.26. The fourth-order valence-electron chi connectivity index (χ4n) is 2.64. The Bertz CT molecular complexity index is 1010. The molecule has 0 aliphatic rings. The van der Waals surface area contributed by atoms with Crippen LogP contribution in [0, 0.1) is 5.82 Å². The number of thioether (sulfide) groups is 1. The standard InChI is InChI=1S/C23H20ClFN2O2S/c1-15(23(29)27-20-8-6-18(25)7-9-20)30-21-12-10-19(11-13-21)26-22(28)14-16-2-4-17(24)5-3-16/h2-13,15H,14H2,1H3,(H,26,28)(H,27,29). The van der Waals surface area contributed by atoms with Gasteiger partial charge in [-0.15, -0.1) is 11.8 Å². The van der Waals surface area contributed by atoms with Crippen LogP contribution in [-0.2, 0) is 16.0 Å². The van der Waals surface area contributed by atoms with Crippen molar-refractivity contribution in [1.82, 2.24) is 0 Å². The molecule has 3 aromatic carbocycles. The predicted molar refractivity (Wildman–Crippen MR) is 121 cm³/mol. The molecule has 2 amide bonds. The Labute approximate surface area is 183 Å². The van der Waals surface area contributed by atoms with Crippen LogP contribution in [0.1, 0.15) is 12.5 Å². The van der Waals surface area contributed by atoms with Crippen LogP contribution < -0.4 is 10.6 Å². The molecule has 0 bridgehead atoms. The van der Waals surface area contributed by atoms with Crippen LogP contribution >= 0.6 is 23.4 Å². The molecular formula is C23H20ClFN2O2S. The highest BCUT2D eigenvalue weighted by Crippen LogP contribution is 2.26. The summed E-state index contributed by atoms with van der Waals surface area (Å²) in [4.78, 5) is 25.4. The fourth-order valence-corrected chi connectivity index (χ4v) is 3.64. The van der Waals surface area contributed by atoms with Gasteiger partial charge in [0.15, 0.2) is 0 Å². The molecule has 1 atom stereocenters. The molecule has 30 heavy (non-hydrogen) atoms. The van der Waals surface area contributed by atoms with Crippen molar-refractivity contribution in [2.24, 2.45) is 0 Å². The van der Waals surface area contributed by atoms with Crippen LogP contribution in [-0.4, -0.2) is 17.1 Å². The minimum Gasteiger partial charge on any atom is -0.326 e. The van der Waals surface area contributed by atoms with Crippen molar-refractivity contribution in [2.45, 2.75) is 23.5 Å². The van der Waals surface area contributed by atoms with Gasteiger partial charge in [0.2, 0.25) is 11.8 Å². The van der Waals surface area contributed by atoms with Crippen molar-refractivity contribution in [3.63, 3.8) is 0 Å². The zero-order valence-corrected chi connectivity index (χ0v) is 17.8. The Morgan fingerprint density at radius 2 is 1.47 bits per heavy atom. The molecule has 2 N–H and O–H groups in total. The van der Waals surface area contributed by atoms with Gasteiger partial charge in [-0.1, -0.05) is 23.7 Å². The van der Waals surface area contributed by atoms with Crippen LogP contribution in [0.3, 0.4) is 0 Å². The average Bonchev–Trinajstić information content (AvgIpc) is 2.73. The molecule has 154 valence electrons. The fraction of sp³-hybridized carbons (Fsp3) is 0.130. The number of rotatable bonds is 7. The highest BCUT2D eigenvalue weighted by atomic mass is 35.5. The number of nitrogens with one attached hydrogen (secondary N) is 2. The summed E-state index contributed by atoms with van der Waals surface area (Å²) in [5, 5.41) is 5.90. The Morgan fingerprint density at radius 1 is 0.900 bits per heavy atom. The summed E-state index contributed by atoms with van der Waals surface area (Å²) >= 11 is 7.25. The minimum atomic E-state index is -0.351. The van der Waals surface area contributed by atoms with Gasteiger partial charge in [-0.2, -0.15) is 0 Å². The molecule has 0 aromatic heterocycles. The molecule has 4 nitrogen and oxygen atoms in total. The summed E-state index contributed by atoms with van der Waals surface area (Å²) < 4.78 is 13.0. The molecule has 3 aromatic rings. The van der Waals surface area contributed by atoms with E-state index in [4.69, 9.17) is 11.6 Å². The van der Waals surface area contributed by atoms with Crippen molar-refractivity contribution in [3.05, 3.63) is 89.2 Å². The molecule has 7 heteroatoms. The maximum atomic E-state index is 13.0. The largest absolute Gasteiger partial charge is 0.326 e. The smallest absolute Gasteiger partial charge is 0.237 e. The van der Waals surface area contributed by atoms with E-state index in [-0.39, 0.29) is 29.3 Å². The van der Waals surface area contributed by atoms with E-state index in [2.05, 4.69) is 10.6 Å². The van der Waals surface area contributed by atoms with E-state index in [1.807, 2.05) is 24.3 Å². The first-order chi connectivity index (χ1) is 14.4. The van der Waals surface area contributed by atoms with Crippen molar-refractivity contribution in [2.75, 3.05) is 10.6 Å². The number of amides is 2. The minimum absolute atomic E-state index is 0.121. The normalized spacial score (nSPS) is 11.6. The molecule has 0 saturated carbocycles. The van der Waals surface area contributed by atoms with Gasteiger partial charge in [-0.05, 0) is 73.2 Å². The lowest BCUT2D eigenvalue weighted by molar-refractivity contribution is -0.116. The van der Waals surface area contributed by atoms with E-state index in [0.29, 0.717) is 16.4 Å². The van der Waals surface area contributed by atoms with Crippen molar-refractivity contribution < 1.29 is 14.0 Å². The summed E-state index contributed by atoms with van der Waals surface area (Å²) in [7, 11) is 0. The van der Waals surface area contributed by atoms with Crippen LogP contribution in [0.4, 0.5) is 15.8 Å². The Kier molecular flexibility index (Phi) is 7.49. The number of anilines is 2. The van der Waals surface area contributed by atoms with Gasteiger partial charge in [0, 0.05) is 21.3 Å². The Morgan fingerprint density at radius 3 is 2.10 bits per heavy atom. The molecule has 0 aliphatic heterocycles. The van der Waals surface area contributed by atoms with Crippen LogP contribution in [0.25, 0.3) is 0 Å². The van der Waals surface area contributed by atoms with E-state index < -0.39 is 0 Å². The molecule has 0 heterocycles. The zero-order valence-electron chi connectivity index (χ0n) is 16.2. The highest BCUT2D eigenvalue weighted by molar-refractivity contribution is 8.00. The Hall–Kier alpha value is -2.83. The van der Waals surface area contributed by atoms with E-state index in [1.165, 1.54) is 36.0 Å². The second-order valence-electron chi connectivity index (χ2n) is 6.63. The maximum Gasteiger partial charge on any atom is 0.237 e. The molecule has 0 aliphatic carbocycles. The number of halogens is 2. The second kappa shape index (κ2) is 10.3. The van der Waals surface area contributed by atoms with E-state index in [0.717, 1.165) is 10.5 Å². The van der Waals surface area contributed by atoms with Gasteiger partial charge in [0.1, 0.15) is 5.82 Å². The van der Waals surface area contributed by atoms with Crippen molar-refractivity contribution in [1.29, 1.82) is 0 Å². The quantitative estimate of drug-likeness (QED) is 0.456. The van der Waals surface area contributed by atoms with E-state index >= 15 is 0 Å². The summed E-state index contributed by atoms with van der Waals surface area (Å²) in [6.07, 6.45) is 0.258. The third-order valence-corrected chi connectivity index (χ3v) is 5.57. The number of hydrogen-bond donors (Lipinski definition) is 2. The van der Waals surface area contributed by atoms with Crippen molar-refractivity contribution in [3.8, 4) is 0 Å². The monoisotopic (exact) mass is 442 g/mol. The number of hydrogen-bond acceptors (Lipinski definition) is 3. The van der Waals surface area contributed by atoms with Crippen LogP contribution in [0.5, 0.6) is 0 Å². The van der Waals surface area contributed by atoms with Crippen LogP contribution in [0.2, 0.25) is 5.02 Å². The van der Waals surface area contributed by atoms with E-state index in [9.17, 15) is 14.0 Å². The summed E-state index contributed by atoms with van der Waals surface area (Å²) in [5.74, 6) is -0.646. The summed E-state index contributed by atoms with van der Waals surface area (Å²) in [6.45, 7) is 1.80. The highest BCUT2D eigenvalue weighted by Gasteiger charge is 2.15. The molecule has 0 saturated heterocycles. The zero-order chi connectivity index (χ0) is 21.5. The predicted octanol–water partition coefficient (Wildman–Crippen LogP) is 5.78. The number of carbonyl (C=O) groups excluding carboxylic acids is 2. The molecule has 0 radical (unpaired) electrons. The summed E-state index contributed by atoms with van der Waals surface area (Å²) in [5.41, 5.74) is 2.11. The molecule has 1 unspecified atom stereocenters. The Balaban J connectivity index is 1.50. The molecule has 3 rings (SSSR count). The third-order valence-electron chi connectivity index (χ3n) is 4.21. The van der Waals surface area contributed by atoms with E-state index in [1.54, 1.807) is 31.2 Å². The summed E-state index contributed by atoms with van der Waals surface area (Å²) in [6, 6.07) is 20.1. The molecule has 0 fully saturated rings. The molecular weight excluding hydrogens is 423 g/mol. The lowest BCUT2D eigenvalue weighted by atomic mass is 10.1. The van der Waals surface area contributed by atoms with Gasteiger partial charge in [0.25, 0.3) is 0 Å². The SMILES string of the molecule is CC(Sc1ccc(NC(=O)Cc2ccc(Cl)cc2)cc1)C(=O)Nc1ccc(F)cc1. The lowest BCUT2D eigenvalue weighted by Gasteiger charge is -2.12. The number of carbonyl (C=O) groups is 2. The van der Waals surface area contributed by atoms with Gasteiger partial charge < -0.3 is 10.6 Å². The van der Waals surface area contributed by atoms with Gasteiger partial charge in [-0.25, -0.2) is 4.39 Å². The third kappa shape index (κ3) is 6.61. The first kappa shape index (κ1) is 21.9. The van der Waals surface area contributed by atoms with Crippen LogP contribution in [0.15, 0.2) is 77.7 Å². The van der Waals surface area contributed by atoms with Gasteiger partial charge in [0.05, 0.1) is 11.7 Å². The second-order valence-corrected chi connectivity index (χ2v) is 8.48. The van der Waals surface area contributed by atoms with Crippen molar-refractivity contribution >= 4 is 46.6 Å². The molecule has 0 spiro atoms. The number of benzene rings is 3.